The van der Waals surface area contributed by atoms with E-state index in [2.05, 4.69) is 10.1 Å². The van der Waals surface area contributed by atoms with E-state index in [0.717, 1.165) is 19.2 Å². The molecule has 7 heteroatoms. The summed E-state index contributed by atoms with van der Waals surface area (Å²) in [6.07, 6.45) is -0.507. The van der Waals surface area contributed by atoms with Crippen LogP contribution in [0, 0.1) is 5.82 Å². The van der Waals surface area contributed by atoms with Crippen LogP contribution in [-0.2, 0) is 14.3 Å². The van der Waals surface area contributed by atoms with Gasteiger partial charge in [-0.25, -0.2) is 9.18 Å². The van der Waals surface area contributed by atoms with Gasteiger partial charge in [-0.2, -0.15) is 0 Å². The maximum Gasteiger partial charge on any atom is 0.326 e. The number of hydrogen-bond acceptors (Lipinski definition) is 4. The average molecular weight is 269 g/mol. The Morgan fingerprint density at radius 3 is 2.63 bits per heavy atom. The Bertz CT molecular complexity index is 503. The van der Waals surface area contributed by atoms with Gasteiger partial charge in [0.05, 0.1) is 13.5 Å². The van der Waals surface area contributed by atoms with E-state index in [4.69, 9.17) is 5.11 Å². The zero-order valence-electron chi connectivity index (χ0n) is 10.1. The van der Waals surface area contributed by atoms with E-state index in [1.165, 1.54) is 12.1 Å². The molecule has 0 heterocycles. The van der Waals surface area contributed by atoms with Crippen molar-refractivity contribution < 1.29 is 28.6 Å². The summed E-state index contributed by atoms with van der Waals surface area (Å²) in [5.74, 6) is -3.55. The second kappa shape index (κ2) is 6.48. The first-order valence-corrected chi connectivity index (χ1v) is 5.30. The third-order valence-electron chi connectivity index (χ3n) is 2.29. The normalized spacial score (nSPS) is 11.5. The lowest BCUT2D eigenvalue weighted by molar-refractivity contribution is -0.147. The first-order chi connectivity index (χ1) is 8.93. The molecule has 0 spiro atoms. The van der Waals surface area contributed by atoms with E-state index in [1.54, 1.807) is 0 Å². The molecule has 1 aromatic rings. The number of halogens is 1. The highest BCUT2D eigenvalue weighted by atomic mass is 19.1. The van der Waals surface area contributed by atoms with Gasteiger partial charge < -0.3 is 15.2 Å². The number of hydrogen-bond donors (Lipinski definition) is 2. The highest BCUT2D eigenvalue weighted by Crippen LogP contribution is 2.05. The number of aliphatic carboxylic acids is 1. The third-order valence-corrected chi connectivity index (χ3v) is 2.29. The van der Waals surface area contributed by atoms with Gasteiger partial charge in [0.1, 0.15) is 11.9 Å². The van der Waals surface area contributed by atoms with Crippen LogP contribution in [0.25, 0.3) is 0 Å². The molecule has 102 valence electrons. The standard InChI is InChI=1S/C12H12FNO5/c1-19-10(15)6-9(12(17)18)14-11(16)7-3-2-4-8(13)5-7/h2-5,9H,6H2,1H3,(H,14,16)(H,17,18)/t9-/m0/s1. The minimum Gasteiger partial charge on any atom is -0.480 e. The van der Waals surface area contributed by atoms with Gasteiger partial charge in [0.25, 0.3) is 5.91 Å². The lowest BCUT2D eigenvalue weighted by atomic mass is 10.1. The summed E-state index contributed by atoms with van der Waals surface area (Å²) in [5.41, 5.74) is -0.0314. The zero-order valence-corrected chi connectivity index (χ0v) is 10.1. The van der Waals surface area contributed by atoms with Gasteiger partial charge in [-0.3, -0.25) is 9.59 Å². The topological polar surface area (TPSA) is 92.7 Å². The molecule has 0 aromatic heterocycles. The predicted octanol–water partition coefficient (Wildman–Crippen LogP) is 0.572. The lowest BCUT2D eigenvalue weighted by Gasteiger charge is -2.13. The fraction of sp³-hybridized carbons (Fsp3) is 0.250. The Balaban J connectivity index is 2.77. The summed E-state index contributed by atoms with van der Waals surface area (Å²) in [5, 5.41) is 11.0. The van der Waals surface area contributed by atoms with Gasteiger partial charge in [-0.15, -0.1) is 0 Å². The van der Waals surface area contributed by atoms with E-state index in [9.17, 15) is 18.8 Å². The minimum absolute atomic E-state index is 0.0314. The summed E-state index contributed by atoms with van der Waals surface area (Å²) < 4.78 is 17.2. The Labute approximate surface area is 108 Å². The number of esters is 1. The number of ether oxygens (including phenoxy) is 1. The van der Waals surface area contributed by atoms with Gasteiger partial charge in [0.15, 0.2) is 0 Å². The maximum absolute atomic E-state index is 12.9. The quantitative estimate of drug-likeness (QED) is 0.762. The van der Waals surface area contributed by atoms with E-state index in [1.807, 2.05) is 0 Å². The fourth-order valence-corrected chi connectivity index (χ4v) is 1.32. The molecule has 0 bridgehead atoms. The van der Waals surface area contributed by atoms with Crippen molar-refractivity contribution in [2.45, 2.75) is 12.5 Å². The Morgan fingerprint density at radius 2 is 2.11 bits per heavy atom. The van der Waals surface area contributed by atoms with E-state index >= 15 is 0 Å². The first kappa shape index (κ1) is 14.6. The Morgan fingerprint density at radius 1 is 1.42 bits per heavy atom. The van der Waals surface area contributed by atoms with Crippen LogP contribution in [0.2, 0.25) is 0 Å². The van der Waals surface area contributed by atoms with Crippen LogP contribution in [0.1, 0.15) is 16.8 Å². The summed E-state index contributed by atoms with van der Waals surface area (Å²) in [4.78, 5) is 33.6. The molecule has 0 aliphatic rings. The molecule has 0 saturated carbocycles. The predicted molar refractivity (Wildman–Crippen MR) is 61.9 cm³/mol. The molecule has 1 aromatic carbocycles. The zero-order chi connectivity index (χ0) is 14.4. The molecule has 0 saturated heterocycles. The monoisotopic (exact) mass is 269 g/mol. The maximum atomic E-state index is 12.9. The van der Waals surface area contributed by atoms with Crippen molar-refractivity contribution in [2.75, 3.05) is 7.11 Å². The number of methoxy groups -OCH3 is 1. The number of carbonyl (C=O) groups is 3. The number of carbonyl (C=O) groups excluding carboxylic acids is 2. The van der Waals surface area contributed by atoms with Gasteiger partial charge >= 0.3 is 11.9 Å². The van der Waals surface area contributed by atoms with Crippen LogP contribution < -0.4 is 5.32 Å². The molecular formula is C12H12FNO5. The van der Waals surface area contributed by atoms with E-state index in [-0.39, 0.29) is 5.56 Å². The van der Waals surface area contributed by atoms with Crippen LogP contribution in [0.15, 0.2) is 24.3 Å². The molecule has 1 atom stereocenters. The van der Waals surface area contributed by atoms with Crippen molar-refractivity contribution in [3.8, 4) is 0 Å². The number of carboxylic acid groups (broad SMARTS) is 1. The highest BCUT2D eigenvalue weighted by Gasteiger charge is 2.24. The van der Waals surface area contributed by atoms with Crippen LogP contribution >= 0.6 is 0 Å². The van der Waals surface area contributed by atoms with Crippen molar-refractivity contribution in [3.63, 3.8) is 0 Å². The number of amides is 1. The molecule has 0 unspecified atom stereocenters. The van der Waals surface area contributed by atoms with Crippen LogP contribution in [-0.4, -0.2) is 36.1 Å². The molecule has 2 N–H and O–H groups in total. The Kier molecular flexibility index (Phi) is 4.99. The largest absolute Gasteiger partial charge is 0.480 e. The molecule has 1 rings (SSSR count). The summed E-state index contributed by atoms with van der Waals surface area (Å²) in [6.45, 7) is 0. The van der Waals surface area contributed by atoms with Crippen LogP contribution in [0.3, 0.4) is 0 Å². The molecule has 19 heavy (non-hydrogen) atoms. The van der Waals surface area contributed by atoms with Gasteiger partial charge in [-0.1, -0.05) is 6.07 Å². The summed E-state index contributed by atoms with van der Waals surface area (Å²) >= 11 is 0. The second-order valence-electron chi connectivity index (χ2n) is 3.65. The van der Waals surface area contributed by atoms with Crippen LogP contribution in [0.4, 0.5) is 4.39 Å². The summed E-state index contributed by atoms with van der Waals surface area (Å²) in [6, 6.07) is 3.34. The van der Waals surface area contributed by atoms with Gasteiger partial charge in [-0.05, 0) is 18.2 Å². The van der Waals surface area contributed by atoms with Crippen molar-refractivity contribution in [1.82, 2.24) is 5.32 Å². The Hall–Kier alpha value is -2.44. The van der Waals surface area contributed by atoms with E-state index < -0.39 is 36.1 Å². The minimum atomic E-state index is -1.43. The van der Waals surface area contributed by atoms with Gasteiger partial charge in [0, 0.05) is 5.56 Å². The molecule has 0 radical (unpaired) electrons. The molecule has 6 nitrogen and oxygen atoms in total. The second-order valence-corrected chi connectivity index (χ2v) is 3.65. The van der Waals surface area contributed by atoms with Crippen molar-refractivity contribution in [2.24, 2.45) is 0 Å². The molecule has 0 aliphatic heterocycles. The first-order valence-electron chi connectivity index (χ1n) is 5.30. The third kappa shape index (κ3) is 4.38. The van der Waals surface area contributed by atoms with Crippen LogP contribution in [0.5, 0.6) is 0 Å². The van der Waals surface area contributed by atoms with Crippen molar-refractivity contribution >= 4 is 17.8 Å². The molecule has 1 amide bonds. The molecule has 0 fully saturated rings. The SMILES string of the molecule is COC(=O)C[C@H](NC(=O)c1cccc(F)c1)C(=O)O. The summed E-state index contributed by atoms with van der Waals surface area (Å²) in [7, 11) is 1.11. The number of carboxylic acids is 1. The smallest absolute Gasteiger partial charge is 0.326 e. The molecular weight excluding hydrogens is 257 g/mol. The number of nitrogens with one attached hydrogen (secondary N) is 1. The average Bonchev–Trinajstić information content (AvgIpc) is 2.37. The number of rotatable bonds is 5. The van der Waals surface area contributed by atoms with Crippen molar-refractivity contribution in [3.05, 3.63) is 35.6 Å². The highest BCUT2D eigenvalue weighted by molar-refractivity contribution is 5.97. The fourth-order valence-electron chi connectivity index (χ4n) is 1.32. The van der Waals surface area contributed by atoms with Crippen molar-refractivity contribution in [1.29, 1.82) is 0 Å². The number of benzene rings is 1. The van der Waals surface area contributed by atoms with Gasteiger partial charge in [0.2, 0.25) is 0 Å². The van der Waals surface area contributed by atoms with E-state index in [0.29, 0.717) is 0 Å². The lowest BCUT2D eigenvalue weighted by Crippen LogP contribution is -2.42. The molecule has 0 aliphatic carbocycles.